The van der Waals surface area contributed by atoms with Crippen molar-refractivity contribution in [3.63, 3.8) is 0 Å². The van der Waals surface area contributed by atoms with E-state index in [1.807, 2.05) is 6.07 Å². The second kappa shape index (κ2) is 7.58. The summed E-state index contributed by atoms with van der Waals surface area (Å²) in [5.41, 5.74) is 2.66. The molecule has 0 bridgehead atoms. The minimum atomic E-state index is -0.418. The molecule has 1 amide bonds. The molecule has 0 unspecified atom stereocenters. The van der Waals surface area contributed by atoms with E-state index in [4.69, 9.17) is 11.6 Å². The van der Waals surface area contributed by atoms with Gasteiger partial charge in [0.15, 0.2) is 5.16 Å². The van der Waals surface area contributed by atoms with Crippen LogP contribution in [0.5, 0.6) is 0 Å². The van der Waals surface area contributed by atoms with Gasteiger partial charge in [0.1, 0.15) is 0 Å². The number of fused-ring (bicyclic) bond motifs is 1. The highest BCUT2D eigenvalue weighted by Crippen LogP contribution is 2.22. The number of benzene rings is 2. The number of H-pyrrole nitrogens is 1. The van der Waals surface area contributed by atoms with Crippen LogP contribution in [0.1, 0.15) is 10.4 Å². The Morgan fingerprint density at radius 3 is 2.72 bits per heavy atom. The smallest absolute Gasteiger partial charge is 0.337 e. The van der Waals surface area contributed by atoms with Crippen LogP contribution in [-0.4, -0.2) is 34.7 Å². The Balaban J connectivity index is 1.57. The van der Waals surface area contributed by atoms with Crippen LogP contribution in [0.4, 0.5) is 5.69 Å². The summed E-state index contributed by atoms with van der Waals surface area (Å²) >= 11 is 7.23. The van der Waals surface area contributed by atoms with Gasteiger partial charge >= 0.3 is 5.97 Å². The van der Waals surface area contributed by atoms with Crippen LogP contribution in [0.15, 0.2) is 47.6 Å². The predicted octanol–water partition coefficient (Wildman–Crippen LogP) is 3.73. The van der Waals surface area contributed by atoms with E-state index in [0.29, 0.717) is 21.4 Å². The predicted molar refractivity (Wildman–Crippen MR) is 98.2 cm³/mol. The fourth-order valence-corrected chi connectivity index (χ4v) is 3.02. The first kappa shape index (κ1) is 17.3. The van der Waals surface area contributed by atoms with Gasteiger partial charge in [-0.05, 0) is 42.5 Å². The lowest BCUT2D eigenvalue weighted by Gasteiger charge is -2.05. The maximum atomic E-state index is 12.0. The number of hydrogen-bond donors (Lipinski definition) is 2. The molecule has 1 heterocycles. The van der Waals surface area contributed by atoms with Crippen LogP contribution < -0.4 is 5.32 Å². The number of aromatic nitrogens is 2. The molecule has 0 saturated carbocycles. The van der Waals surface area contributed by atoms with Crippen LogP contribution in [0, 0.1) is 0 Å². The van der Waals surface area contributed by atoms with E-state index >= 15 is 0 Å². The molecule has 6 nitrogen and oxygen atoms in total. The number of carbonyl (C=O) groups excluding carboxylic acids is 2. The lowest BCUT2D eigenvalue weighted by Crippen LogP contribution is -2.14. The molecular formula is C17H14ClN3O3S. The van der Waals surface area contributed by atoms with Gasteiger partial charge in [-0.3, -0.25) is 4.79 Å². The highest BCUT2D eigenvalue weighted by Gasteiger charge is 2.09. The molecule has 25 heavy (non-hydrogen) atoms. The monoisotopic (exact) mass is 375 g/mol. The van der Waals surface area contributed by atoms with Crippen LogP contribution >= 0.6 is 23.4 Å². The van der Waals surface area contributed by atoms with Gasteiger partial charge in [-0.2, -0.15) is 0 Å². The molecule has 0 aliphatic heterocycles. The topological polar surface area (TPSA) is 84.1 Å². The molecule has 0 aliphatic carbocycles. The van der Waals surface area contributed by atoms with E-state index < -0.39 is 5.97 Å². The standard InChI is InChI=1S/C17H14ClN3O3S/c1-24-16(23)10-2-5-12(6-3-10)19-15(22)9-25-17-20-13-7-4-11(18)8-14(13)21-17/h2-8H,9H2,1H3,(H,19,22)(H,20,21). The van der Waals surface area contributed by atoms with Crippen LogP contribution in [0.25, 0.3) is 11.0 Å². The van der Waals surface area contributed by atoms with Gasteiger partial charge in [0, 0.05) is 10.7 Å². The summed E-state index contributed by atoms with van der Waals surface area (Å²) in [5, 5.41) is 4.04. The minimum absolute atomic E-state index is 0.172. The quantitative estimate of drug-likeness (QED) is 0.524. The molecule has 0 saturated heterocycles. The van der Waals surface area contributed by atoms with Crippen LogP contribution in [0.3, 0.4) is 0 Å². The van der Waals surface area contributed by atoms with E-state index in [9.17, 15) is 9.59 Å². The molecule has 1 aromatic heterocycles. The van der Waals surface area contributed by atoms with E-state index in [1.165, 1.54) is 18.9 Å². The number of nitrogens with one attached hydrogen (secondary N) is 2. The zero-order valence-electron chi connectivity index (χ0n) is 13.2. The molecule has 8 heteroatoms. The van der Waals surface area contributed by atoms with E-state index in [1.54, 1.807) is 36.4 Å². The highest BCUT2D eigenvalue weighted by molar-refractivity contribution is 7.99. The molecule has 0 spiro atoms. The molecule has 0 atom stereocenters. The van der Waals surface area contributed by atoms with E-state index in [-0.39, 0.29) is 11.7 Å². The summed E-state index contributed by atoms with van der Waals surface area (Å²) in [5.74, 6) is -0.389. The van der Waals surface area contributed by atoms with Crippen molar-refractivity contribution in [2.45, 2.75) is 5.16 Å². The van der Waals surface area contributed by atoms with Crippen molar-refractivity contribution in [1.82, 2.24) is 9.97 Å². The lowest BCUT2D eigenvalue weighted by molar-refractivity contribution is -0.113. The maximum absolute atomic E-state index is 12.0. The molecule has 3 aromatic rings. The second-order valence-corrected chi connectivity index (χ2v) is 6.51. The number of hydrogen-bond acceptors (Lipinski definition) is 5. The van der Waals surface area contributed by atoms with Gasteiger partial charge < -0.3 is 15.0 Å². The van der Waals surface area contributed by atoms with E-state index in [2.05, 4.69) is 20.0 Å². The number of thioether (sulfide) groups is 1. The molecule has 0 aliphatic rings. The first-order chi connectivity index (χ1) is 12.0. The summed E-state index contributed by atoms with van der Waals surface area (Å²) in [6.45, 7) is 0. The average molecular weight is 376 g/mol. The number of aromatic amines is 1. The number of imidazole rings is 1. The van der Waals surface area contributed by atoms with Crippen molar-refractivity contribution in [3.8, 4) is 0 Å². The number of anilines is 1. The third kappa shape index (κ3) is 4.32. The fraction of sp³-hybridized carbons (Fsp3) is 0.118. The number of amides is 1. The Hall–Kier alpha value is -2.51. The summed E-state index contributed by atoms with van der Waals surface area (Å²) in [7, 11) is 1.32. The number of nitrogens with zero attached hydrogens (tertiary/aromatic N) is 1. The van der Waals surface area contributed by atoms with Crippen molar-refractivity contribution in [2.75, 3.05) is 18.2 Å². The van der Waals surface area contributed by atoms with Crippen molar-refractivity contribution < 1.29 is 14.3 Å². The summed E-state index contributed by atoms with van der Waals surface area (Å²) in [6.07, 6.45) is 0. The fourth-order valence-electron chi connectivity index (χ4n) is 2.17. The van der Waals surface area contributed by atoms with Crippen LogP contribution in [-0.2, 0) is 9.53 Å². The molecule has 2 N–H and O–H groups in total. The Morgan fingerprint density at radius 2 is 2.00 bits per heavy atom. The first-order valence-corrected chi connectivity index (χ1v) is 8.68. The summed E-state index contributed by atoms with van der Waals surface area (Å²) < 4.78 is 4.63. The minimum Gasteiger partial charge on any atom is -0.465 e. The maximum Gasteiger partial charge on any atom is 0.337 e. The summed E-state index contributed by atoms with van der Waals surface area (Å²) in [6, 6.07) is 11.9. The molecular weight excluding hydrogens is 362 g/mol. The van der Waals surface area contributed by atoms with Gasteiger partial charge in [-0.25, -0.2) is 9.78 Å². The number of methoxy groups -OCH3 is 1. The Kier molecular flexibility index (Phi) is 5.25. The largest absolute Gasteiger partial charge is 0.465 e. The van der Waals surface area contributed by atoms with Crippen LogP contribution in [0.2, 0.25) is 5.02 Å². The molecule has 2 aromatic carbocycles. The second-order valence-electron chi connectivity index (χ2n) is 5.11. The first-order valence-electron chi connectivity index (χ1n) is 7.31. The molecule has 3 rings (SSSR count). The van der Waals surface area contributed by atoms with Gasteiger partial charge in [-0.1, -0.05) is 23.4 Å². The van der Waals surface area contributed by atoms with Crippen molar-refractivity contribution >= 4 is 52.0 Å². The highest BCUT2D eigenvalue weighted by atomic mass is 35.5. The third-order valence-electron chi connectivity index (χ3n) is 3.35. The van der Waals surface area contributed by atoms with E-state index in [0.717, 1.165) is 11.0 Å². The third-order valence-corrected chi connectivity index (χ3v) is 4.46. The Labute approximate surface area is 152 Å². The Morgan fingerprint density at radius 1 is 1.24 bits per heavy atom. The SMILES string of the molecule is COC(=O)c1ccc(NC(=O)CSc2nc3ccc(Cl)cc3[nH]2)cc1. The number of rotatable bonds is 5. The van der Waals surface area contributed by atoms with Gasteiger partial charge in [0.2, 0.25) is 5.91 Å². The average Bonchev–Trinajstić information content (AvgIpc) is 3.02. The van der Waals surface area contributed by atoms with Gasteiger partial charge in [0.25, 0.3) is 0 Å². The molecule has 0 radical (unpaired) electrons. The lowest BCUT2D eigenvalue weighted by atomic mass is 10.2. The van der Waals surface area contributed by atoms with Gasteiger partial charge in [0.05, 0.1) is 29.5 Å². The normalized spacial score (nSPS) is 10.6. The number of esters is 1. The number of halogens is 1. The van der Waals surface area contributed by atoms with Gasteiger partial charge in [-0.15, -0.1) is 0 Å². The molecule has 0 fully saturated rings. The zero-order chi connectivity index (χ0) is 17.8. The Bertz CT molecular complexity index is 925. The number of carbonyl (C=O) groups is 2. The zero-order valence-corrected chi connectivity index (χ0v) is 14.8. The molecule has 128 valence electrons. The number of ether oxygens (including phenoxy) is 1. The van der Waals surface area contributed by atoms with Crippen molar-refractivity contribution in [2.24, 2.45) is 0 Å². The van der Waals surface area contributed by atoms with Crippen molar-refractivity contribution in [3.05, 3.63) is 53.1 Å². The van der Waals surface area contributed by atoms with Crippen molar-refractivity contribution in [1.29, 1.82) is 0 Å². The summed E-state index contributed by atoms with van der Waals surface area (Å²) in [4.78, 5) is 30.9.